The van der Waals surface area contributed by atoms with Gasteiger partial charge in [-0.3, -0.25) is 19.2 Å². The number of hydrogen-bond donors (Lipinski definition) is 0. The van der Waals surface area contributed by atoms with Gasteiger partial charge in [0.25, 0.3) is 0 Å². The lowest BCUT2D eigenvalue weighted by molar-refractivity contribution is -0.214. The highest BCUT2D eigenvalue weighted by Crippen LogP contribution is 2.21. The first-order chi connectivity index (χ1) is 17.5. The highest BCUT2D eigenvalue weighted by molar-refractivity contribution is 5.81. The molecular formula is C28H32N2O6. The van der Waals surface area contributed by atoms with E-state index in [1.54, 1.807) is 10.1 Å². The van der Waals surface area contributed by atoms with Crippen molar-refractivity contribution in [1.29, 1.82) is 0 Å². The number of hydrogen-bond acceptors (Lipinski definition) is 8. The number of nitrogens with zero attached hydrogens (tertiary/aromatic N) is 2. The number of carbonyl (C=O) groups is 4. The minimum atomic E-state index is -0.533. The van der Waals surface area contributed by atoms with Crippen LogP contribution in [0.15, 0.2) is 60.7 Å². The fourth-order valence-corrected chi connectivity index (χ4v) is 4.69. The van der Waals surface area contributed by atoms with E-state index >= 15 is 0 Å². The molecule has 4 rings (SSSR count). The number of Topliss-reactive ketones (excluding diaryl/α,β-unsaturated/α-hetero) is 2. The van der Waals surface area contributed by atoms with Crippen molar-refractivity contribution >= 4 is 23.5 Å². The smallest absolute Gasteiger partial charge is 0.325 e. The Bertz CT molecular complexity index is 973. The number of piperidine rings is 2. The Labute approximate surface area is 211 Å². The summed E-state index contributed by atoms with van der Waals surface area (Å²) in [5.74, 6) is -0.767. The summed E-state index contributed by atoms with van der Waals surface area (Å²) in [6.07, 6.45) is 2.24. The van der Waals surface area contributed by atoms with Crippen molar-refractivity contribution in [3.63, 3.8) is 0 Å². The highest BCUT2D eigenvalue weighted by Gasteiger charge is 2.32. The molecule has 2 heterocycles. The molecule has 0 radical (unpaired) electrons. The van der Waals surface area contributed by atoms with Crippen LogP contribution in [0.25, 0.3) is 0 Å². The van der Waals surface area contributed by atoms with Crippen molar-refractivity contribution in [2.75, 3.05) is 13.1 Å². The molecule has 0 aliphatic carbocycles. The lowest BCUT2D eigenvalue weighted by atomic mass is 9.96. The van der Waals surface area contributed by atoms with Crippen LogP contribution in [0, 0.1) is 0 Å². The van der Waals surface area contributed by atoms with E-state index < -0.39 is 11.9 Å². The number of hydroxylamine groups is 4. The summed E-state index contributed by atoms with van der Waals surface area (Å²) in [5.41, 5.74) is 2.12. The second-order valence-corrected chi connectivity index (χ2v) is 9.38. The third-order valence-electron chi connectivity index (χ3n) is 6.56. The van der Waals surface area contributed by atoms with Crippen molar-refractivity contribution in [1.82, 2.24) is 10.1 Å². The predicted molar refractivity (Wildman–Crippen MR) is 131 cm³/mol. The summed E-state index contributed by atoms with van der Waals surface area (Å²) in [7, 11) is 0. The number of ketones is 2. The van der Waals surface area contributed by atoms with Crippen molar-refractivity contribution in [2.45, 2.75) is 63.5 Å². The fraction of sp³-hybridized carbons (Fsp3) is 0.429. The normalized spacial score (nSPS) is 21.2. The van der Waals surface area contributed by atoms with Crippen LogP contribution in [-0.4, -0.2) is 58.8 Å². The number of benzene rings is 2. The van der Waals surface area contributed by atoms with Crippen molar-refractivity contribution in [2.24, 2.45) is 0 Å². The molecule has 2 saturated heterocycles. The minimum Gasteiger partial charge on any atom is -0.368 e. The summed E-state index contributed by atoms with van der Waals surface area (Å²) >= 11 is 0. The summed E-state index contributed by atoms with van der Waals surface area (Å²) in [5, 5.41) is 3.16. The second kappa shape index (κ2) is 12.6. The van der Waals surface area contributed by atoms with Gasteiger partial charge in [0.2, 0.25) is 0 Å². The van der Waals surface area contributed by atoms with Crippen LogP contribution < -0.4 is 0 Å². The van der Waals surface area contributed by atoms with Crippen molar-refractivity contribution < 1.29 is 28.9 Å². The fourth-order valence-electron chi connectivity index (χ4n) is 4.69. The van der Waals surface area contributed by atoms with Crippen LogP contribution in [-0.2, 0) is 41.7 Å². The molecule has 0 spiro atoms. The summed E-state index contributed by atoms with van der Waals surface area (Å²) in [4.78, 5) is 60.2. The van der Waals surface area contributed by atoms with Crippen LogP contribution >= 0.6 is 0 Å². The Hall–Kier alpha value is -3.36. The van der Waals surface area contributed by atoms with E-state index in [1.807, 2.05) is 60.7 Å². The van der Waals surface area contributed by atoms with Crippen LogP contribution in [0.5, 0.6) is 0 Å². The van der Waals surface area contributed by atoms with Gasteiger partial charge in [0.1, 0.15) is 11.6 Å². The Morgan fingerprint density at radius 3 is 1.44 bits per heavy atom. The molecule has 0 unspecified atom stereocenters. The van der Waals surface area contributed by atoms with Crippen LogP contribution in [0.3, 0.4) is 0 Å². The second-order valence-electron chi connectivity index (χ2n) is 9.38. The molecule has 190 valence electrons. The molecule has 2 aliphatic heterocycles. The van der Waals surface area contributed by atoms with Gasteiger partial charge >= 0.3 is 11.9 Å². The van der Waals surface area contributed by atoms with Gasteiger partial charge in [-0.15, -0.1) is 10.1 Å². The number of rotatable bonds is 9. The minimum absolute atomic E-state index is 0.128. The lowest BCUT2D eigenvalue weighted by Gasteiger charge is -2.33. The van der Waals surface area contributed by atoms with E-state index in [2.05, 4.69) is 0 Å². The third-order valence-corrected chi connectivity index (χ3v) is 6.56. The van der Waals surface area contributed by atoms with E-state index in [4.69, 9.17) is 9.68 Å². The first-order valence-corrected chi connectivity index (χ1v) is 12.5. The van der Waals surface area contributed by atoms with Crippen LogP contribution in [0.1, 0.15) is 49.7 Å². The molecule has 0 saturated carbocycles. The maximum Gasteiger partial charge on any atom is 0.325 e. The van der Waals surface area contributed by atoms with Crippen molar-refractivity contribution in [3.8, 4) is 0 Å². The zero-order valence-corrected chi connectivity index (χ0v) is 20.3. The molecular weight excluding hydrogens is 460 g/mol. The first kappa shape index (κ1) is 25.7. The van der Waals surface area contributed by atoms with Gasteiger partial charge in [0.05, 0.1) is 24.9 Å². The molecule has 0 aromatic heterocycles. The Morgan fingerprint density at radius 2 is 1.06 bits per heavy atom. The zero-order chi connectivity index (χ0) is 25.3. The molecule has 8 nitrogen and oxygen atoms in total. The van der Waals surface area contributed by atoms with Gasteiger partial charge in [0.15, 0.2) is 0 Å². The molecule has 0 N–H and O–H groups in total. The van der Waals surface area contributed by atoms with Gasteiger partial charge < -0.3 is 9.68 Å². The Balaban J connectivity index is 1.26. The molecule has 0 amide bonds. The lowest BCUT2D eigenvalue weighted by Crippen LogP contribution is -2.45. The number of carbonyl (C=O) groups excluding carboxylic acids is 4. The molecule has 2 fully saturated rings. The van der Waals surface area contributed by atoms with Gasteiger partial charge in [-0.2, -0.15) is 0 Å². The van der Waals surface area contributed by atoms with E-state index in [1.165, 1.54) is 0 Å². The topological polar surface area (TPSA) is 93.2 Å². The molecule has 2 atom stereocenters. The molecule has 0 bridgehead atoms. The van der Waals surface area contributed by atoms with Gasteiger partial charge in [-0.1, -0.05) is 60.7 Å². The van der Waals surface area contributed by atoms with Crippen LogP contribution in [0.4, 0.5) is 0 Å². The summed E-state index contributed by atoms with van der Waals surface area (Å²) in [6, 6.07) is 19.1. The van der Waals surface area contributed by atoms with Gasteiger partial charge in [0, 0.05) is 38.8 Å². The molecule has 2 aliphatic rings. The van der Waals surface area contributed by atoms with Gasteiger partial charge in [-0.25, -0.2) is 0 Å². The Morgan fingerprint density at radius 1 is 0.667 bits per heavy atom. The molecule has 36 heavy (non-hydrogen) atoms. The average molecular weight is 493 g/mol. The van der Waals surface area contributed by atoms with E-state index in [0.717, 1.165) is 11.1 Å². The Kier molecular flexibility index (Phi) is 8.97. The van der Waals surface area contributed by atoms with Crippen molar-refractivity contribution in [3.05, 3.63) is 71.8 Å². The first-order valence-electron chi connectivity index (χ1n) is 12.5. The van der Waals surface area contributed by atoms with Gasteiger partial charge in [-0.05, 0) is 24.0 Å². The third kappa shape index (κ3) is 7.57. The monoisotopic (exact) mass is 492 g/mol. The maximum absolute atomic E-state index is 12.5. The average Bonchev–Trinajstić information content (AvgIpc) is 2.87. The molecule has 2 aromatic rings. The standard InChI is InChI=1S/C28H32N2O6/c31-25-13-15-29(23(19-25)17-21-7-3-1-4-8-21)35-27(33)11-12-28(34)36-30-16-14-26(32)20-24(30)18-22-9-5-2-6-10-22/h1-10,23-24H,11-20H2/t23-,24-/m0/s1. The quantitative estimate of drug-likeness (QED) is 0.527. The predicted octanol–water partition coefficient (Wildman–Crippen LogP) is 3.24. The zero-order valence-electron chi connectivity index (χ0n) is 20.3. The summed E-state index contributed by atoms with van der Waals surface area (Å²) in [6.45, 7) is 0.686. The van der Waals surface area contributed by atoms with E-state index in [-0.39, 0.29) is 36.5 Å². The maximum atomic E-state index is 12.5. The molecule has 2 aromatic carbocycles. The van der Waals surface area contributed by atoms with Crippen LogP contribution in [0.2, 0.25) is 0 Å². The summed E-state index contributed by atoms with van der Waals surface area (Å²) < 4.78 is 0. The van der Waals surface area contributed by atoms with E-state index in [9.17, 15) is 19.2 Å². The molecule has 8 heteroatoms. The van der Waals surface area contributed by atoms with E-state index in [0.29, 0.717) is 51.6 Å². The highest BCUT2D eigenvalue weighted by atomic mass is 16.7. The largest absolute Gasteiger partial charge is 0.368 e. The SMILES string of the molecule is O=C1CCN(OC(=O)CCC(=O)ON2CCC(=O)C[C@@H]2Cc2ccccc2)[C@@H](Cc2ccccc2)C1.